The van der Waals surface area contributed by atoms with E-state index in [1.165, 1.54) is 11.3 Å². The van der Waals surface area contributed by atoms with Gasteiger partial charge in [-0.05, 0) is 48.9 Å². The second-order valence-electron chi connectivity index (χ2n) is 9.29. The summed E-state index contributed by atoms with van der Waals surface area (Å²) >= 11 is 7.05. The smallest absolute Gasteiger partial charge is 0.265 e. The maximum atomic E-state index is 13.2. The van der Waals surface area contributed by atoms with E-state index in [0.717, 1.165) is 42.4 Å². The van der Waals surface area contributed by atoms with Crippen molar-refractivity contribution >= 4 is 52.0 Å². The summed E-state index contributed by atoms with van der Waals surface area (Å²) < 4.78 is 0.478. The molecule has 0 radical (unpaired) electrons. The van der Waals surface area contributed by atoms with Gasteiger partial charge in [-0.2, -0.15) is 0 Å². The van der Waals surface area contributed by atoms with E-state index < -0.39 is 23.8 Å². The number of nitrogens with one attached hydrogen (secondary N) is 1. The molecule has 8 nitrogen and oxygen atoms in total. The fraction of sp³-hybridized carbons (Fsp3) is 0.296. The number of imide groups is 1. The Morgan fingerprint density at radius 2 is 1.78 bits per heavy atom. The normalized spacial score (nSPS) is 16.7. The quantitative estimate of drug-likeness (QED) is 0.445. The molecule has 1 atom stereocenters. The van der Waals surface area contributed by atoms with E-state index >= 15 is 0 Å². The topological polar surface area (TPSA) is 93.2 Å². The van der Waals surface area contributed by atoms with Gasteiger partial charge in [0.25, 0.3) is 17.7 Å². The minimum absolute atomic E-state index is 0.113. The van der Waals surface area contributed by atoms with Gasteiger partial charge in [0.15, 0.2) is 0 Å². The highest BCUT2D eigenvalue weighted by molar-refractivity contribution is 7.18. The number of carbonyl (C=O) groups excluding carboxylic acids is 3. The van der Waals surface area contributed by atoms with E-state index in [4.69, 9.17) is 11.6 Å². The van der Waals surface area contributed by atoms with Gasteiger partial charge < -0.3 is 15.3 Å². The Morgan fingerprint density at radius 1 is 1.03 bits per heavy atom. The van der Waals surface area contributed by atoms with Crippen molar-refractivity contribution in [2.24, 2.45) is 0 Å². The average molecular weight is 539 g/mol. The van der Waals surface area contributed by atoms with Gasteiger partial charge in [0.2, 0.25) is 0 Å². The minimum atomic E-state index is -0.890. The van der Waals surface area contributed by atoms with E-state index in [-0.39, 0.29) is 23.4 Å². The van der Waals surface area contributed by atoms with Crippen molar-refractivity contribution in [2.75, 3.05) is 49.5 Å². The number of thiophene rings is 1. The van der Waals surface area contributed by atoms with Crippen LogP contribution in [-0.2, 0) is 0 Å². The molecule has 1 unspecified atom stereocenters. The number of hydrogen-bond acceptors (Lipinski definition) is 7. The van der Waals surface area contributed by atoms with E-state index in [0.29, 0.717) is 15.8 Å². The van der Waals surface area contributed by atoms with Gasteiger partial charge in [-0.3, -0.25) is 24.2 Å². The van der Waals surface area contributed by atoms with Gasteiger partial charge in [0.05, 0.1) is 38.7 Å². The Morgan fingerprint density at radius 3 is 2.49 bits per heavy atom. The van der Waals surface area contributed by atoms with Crippen LogP contribution in [0.25, 0.3) is 0 Å². The van der Waals surface area contributed by atoms with Crippen molar-refractivity contribution in [3.05, 3.63) is 80.5 Å². The molecule has 2 aromatic carbocycles. The zero-order valence-corrected chi connectivity index (χ0v) is 21.9. The van der Waals surface area contributed by atoms with E-state index in [1.807, 2.05) is 0 Å². The molecule has 3 heterocycles. The predicted octanol–water partition coefficient (Wildman–Crippen LogP) is 3.74. The first-order valence-corrected chi connectivity index (χ1v) is 13.3. The fourth-order valence-corrected chi connectivity index (χ4v) is 5.74. The molecule has 2 aliphatic rings. The lowest BCUT2D eigenvalue weighted by Gasteiger charge is -2.37. The number of anilines is 2. The van der Waals surface area contributed by atoms with Gasteiger partial charge in [0, 0.05) is 38.4 Å². The van der Waals surface area contributed by atoms with Gasteiger partial charge >= 0.3 is 0 Å². The van der Waals surface area contributed by atoms with E-state index in [2.05, 4.69) is 46.3 Å². The SMILES string of the molecule is Cc1cccc(N2CCN(CC(O)CN3C(=O)c4cccc(NC(=O)c5ccc(Cl)s5)c4C3=O)CC2)c1. The highest BCUT2D eigenvalue weighted by Gasteiger charge is 2.39. The lowest BCUT2D eigenvalue weighted by atomic mass is 10.1. The number of β-amino-alcohol motifs (C(OH)–C–C–N with tert-alkyl or cyclic N) is 1. The van der Waals surface area contributed by atoms with Crippen LogP contribution in [0, 0.1) is 6.92 Å². The molecule has 0 spiro atoms. The summed E-state index contributed by atoms with van der Waals surface area (Å²) in [5, 5.41) is 13.5. The maximum Gasteiger partial charge on any atom is 0.265 e. The Kier molecular flexibility index (Phi) is 7.30. The summed E-state index contributed by atoms with van der Waals surface area (Å²) in [4.78, 5) is 44.8. The molecule has 0 bridgehead atoms. The minimum Gasteiger partial charge on any atom is -0.390 e. The molecule has 1 aromatic heterocycles. The van der Waals surface area contributed by atoms with Crippen LogP contribution in [0.15, 0.2) is 54.6 Å². The Balaban J connectivity index is 1.20. The number of nitrogens with zero attached hydrogens (tertiary/aromatic N) is 3. The van der Waals surface area contributed by atoms with E-state index in [9.17, 15) is 19.5 Å². The number of piperazine rings is 1. The van der Waals surface area contributed by atoms with Crippen molar-refractivity contribution in [1.82, 2.24) is 9.80 Å². The van der Waals surface area contributed by atoms with Crippen LogP contribution >= 0.6 is 22.9 Å². The number of rotatable bonds is 7. The highest BCUT2D eigenvalue weighted by Crippen LogP contribution is 2.31. The summed E-state index contributed by atoms with van der Waals surface area (Å²) in [5.41, 5.74) is 3.02. The zero-order valence-electron chi connectivity index (χ0n) is 20.3. The number of benzene rings is 2. The Bertz CT molecular complexity index is 1350. The monoisotopic (exact) mass is 538 g/mol. The molecule has 0 aliphatic carbocycles. The third-order valence-corrected chi connectivity index (χ3v) is 7.88. The molecule has 2 aliphatic heterocycles. The summed E-state index contributed by atoms with van der Waals surface area (Å²) in [6.07, 6.45) is -0.890. The molecule has 2 N–H and O–H groups in total. The lowest BCUT2D eigenvalue weighted by Crippen LogP contribution is -2.50. The summed E-state index contributed by atoms with van der Waals surface area (Å²) in [7, 11) is 0. The molecule has 192 valence electrons. The van der Waals surface area contributed by atoms with Crippen molar-refractivity contribution < 1.29 is 19.5 Å². The van der Waals surface area contributed by atoms with E-state index in [1.54, 1.807) is 30.3 Å². The van der Waals surface area contributed by atoms with Crippen LogP contribution in [0.4, 0.5) is 11.4 Å². The maximum absolute atomic E-state index is 13.2. The summed E-state index contributed by atoms with van der Waals surface area (Å²) in [6, 6.07) is 16.4. The second-order valence-corrected chi connectivity index (χ2v) is 11.0. The molecular weight excluding hydrogens is 512 g/mol. The summed E-state index contributed by atoms with van der Waals surface area (Å²) in [6.45, 7) is 5.54. The third kappa shape index (κ3) is 5.40. The van der Waals surface area contributed by atoms with Crippen molar-refractivity contribution in [2.45, 2.75) is 13.0 Å². The first-order valence-electron chi connectivity index (χ1n) is 12.1. The van der Waals surface area contributed by atoms with Gasteiger partial charge in [0.1, 0.15) is 0 Å². The molecule has 0 saturated carbocycles. The fourth-order valence-electron chi connectivity index (χ4n) is 4.80. The van der Waals surface area contributed by atoms with Crippen LogP contribution in [0.3, 0.4) is 0 Å². The van der Waals surface area contributed by atoms with Crippen LogP contribution in [0.5, 0.6) is 0 Å². The molecule has 5 rings (SSSR count). The molecule has 1 fully saturated rings. The second kappa shape index (κ2) is 10.6. The highest BCUT2D eigenvalue weighted by atomic mass is 35.5. The van der Waals surface area contributed by atoms with Crippen molar-refractivity contribution in [3.8, 4) is 0 Å². The number of hydrogen-bond donors (Lipinski definition) is 2. The number of fused-ring (bicyclic) bond motifs is 1. The molecule has 3 amide bonds. The van der Waals surface area contributed by atoms with Crippen LogP contribution in [0.2, 0.25) is 4.34 Å². The summed E-state index contributed by atoms with van der Waals surface area (Å²) in [5.74, 6) is -1.41. The lowest BCUT2D eigenvalue weighted by molar-refractivity contribution is 0.0469. The molecule has 10 heteroatoms. The van der Waals surface area contributed by atoms with Gasteiger partial charge in [-0.1, -0.05) is 29.8 Å². The van der Waals surface area contributed by atoms with Crippen LogP contribution in [-0.4, -0.2) is 78.0 Å². The number of carbonyl (C=O) groups is 3. The molecule has 37 heavy (non-hydrogen) atoms. The largest absolute Gasteiger partial charge is 0.390 e. The molecule has 1 saturated heterocycles. The Labute approximate surface area is 224 Å². The first-order chi connectivity index (χ1) is 17.8. The zero-order chi connectivity index (χ0) is 26.1. The number of halogens is 1. The molecular formula is C27H27ClN4O4S. The number of amides is 3. The van der Waals surface area contributed by atoms with Crippen molar-refractivity contribution in [3.63, 3.8) is 0 Å². The van der Waals surface area contributed by atoms with Crippen molar-refractivity contribution in [1.29, 1.82) is 0 Å². The predicted molar refractivity (Wildman–Crippen MR) is 145 cm³/mol. The number of aliphatic hydroxyl groups is 1. The van der Waals surface area contributed by atoms with Gasteiger partial charge in [-0.25, -0.2) is 0 Å². The first kappa shape index (κ1) is 25.4. The number of aryl methyl sites for hydroxylation is 1. The number of aliphatic hydroxyl groups excluding tert-OH is 1. The average Bonchev–Trinajstić information content (AvgIpc) is 3.42. The van der Waals surface area contributed by atoms with Gasteiger partial charge in [-0.15, -0.1) is 11.3 Å². The Hall–Kier alpha value is -3.24. The third-order valence-electron chi connectivity index (χ3n) is 6.65. The molecule has 3 aromatic rings. The standard InChI is InChI=1S/C27H27ClN4O4S/c1-17-4-2-5-18(14-17)31-12-10-30(11-13-31)15-19(33)16-32-26(35)20-6-3-7-21(24(20)27(32)36)29-25(34)22-8-9-23(28)37-22/h2-9,14,19,33H,10-13,15-16H2,1H3,(H,29,34). The van der Waals surface area contributed by atoms with Crippen LogP contribution in [0.1, 0.15) is 36.0 Å². The van der Waals surface area contributed by atoms with Crippen LogP contribution < -0.4 is 10.2 Å².